The van der Waals surface area contributed by atoms with Gasteiger partial charge >= 0.3 is 5.97 Å². The lowest BCUT2D eigenvalue weighted by Gasteiger charge is -2.14. The second kappa shape index (κ2) is 5.24. The molecule has 1 aromatic heterocycles. The number of aryl methyl sites for hydroxylation is 1. The van der Waals surface area contributed by atoms with Crippen molar-refractivity contribution in [3.05, 3.63) is 33.7 Å². The third-order valence-electron chi connectivity index (χ3n) is 2.99. The molecule has 0 saturated heterocycles. The number of methoxy groups -OCH3 is 1. The molecule has 1 N–H and O–H groups in total. The Morgan fingerprint density at radius 1 is 1.50 bits per heavy atom. The Hall–Kier alpha value is -1.89. The summed E-state index contributed by atoms with van der Waals surface area (Å²) in [4.78, 5) is 11.0. The number of ether oxygens (including phenoxy) is 1. The predicted molar refractivity (Wildman–Crippen MR) is 74.6 cm³/mol. The van der Waals surface area contributed by atoms with Crippen LogP contribution in [0.4, 0.5) is 4.39 Å². The lowest BCUT2D eigenvalue weighted by molar-refractivity contribution is 0.0689. The van der Waals surface area contributed by atoms with Gasteiger partial charge in [-0.05, 0) is 40.5 Å². The number of nitrogens with zero attached hydrogens (tertiary/aromatic N) is 2. The molecule has 0 aliphatic heterocycles. The molecule has 1 aromatic carbocycles. The second-order valence-electron chi connectivity index (χ2n) is 4.22. The first-order valence-corrected chi connectivity index (χ1v) is 6.46. The van der Waals surface area contributed by atoms with E-state index in [1.54, 1.807) is 14.0 Å². The van der Waals surface area contributed by atoms with Gasteiger partial charge in [-0.3, -0.25) is 4.68 Å². The highest BCUT2D eigenvalue weighted by Crippen LogP contribution is 2.40. The van der Waals surface area contributed by atoms with Crippen molar-refractivity contribution in [2.75, 3.05) is 7.11 Å². The van der Waals surface area contributed by atoms with E-state index in [1.807, 2.05) is 0 Å². The fraction of sp³-hybridized carbons (Fsp3) is 0.231. The first-order chi connectivity index (χ1) is 9.36. The lowest BCUT2D eigenvalue weighted by atomic mass is 10.0. The van der Waals surface area contributed by atoms with Crippen LogP contribution in [-0.4, -0.2) is 28.0 Å². The summed E-state index contributed by atoms with van der Waals surface area (Å²) in [6, 6.07) is 2.70. The van der Waals surface area contributed by atoms with E-state index in [0.717, 1.165) is 0 Å². The number of carbonyl (C=O) groups is 1. The molecule has 0 unspecified atom stereocenters. The number of hydrogen-bond donors (Lipinski definition) is 1. The van der Waals surface area contributed by atoms with E-state index in [9.17, 15) is 9.18 Å². The normalized spacial score (nSPS) is 10.7. The number of aromatic nitrogens is 2. The van der Waals surface area contributed by atoms with Gasteiger partial charge in [0.05, 0.1) is 17.3 Å². The molecule has 20 heavy (non-hydrogen) atoms. The van der Waals surface area contributed by atoms with Gasteiger partial charge in [0.2, 0.25) is 0 Å². The molecule has 0 atom stereocenters. The zero-order valence-electron chi connectivity index (χ0n) is 11.1. The van der Waals surface area contributed by atoms with Gasteiger partial charge in [-0.1, -0.05) is 0 Å². The first kappa shape index (κ1) is 14.5. The molecule has 2 rings (SSSR count). The van der Waals surface area contributed by atoms with Gasteiger partial charge in [0.1, 0.15) is 11.6 Å². The van der Waals surface area contributed by atoms with Crippen LogP contribution < -0.4 is 4.74 Å². The molecule has 0 radical (unpaired) electrons. The number of halogens is 2. The fourth-order valence-electron chi connectivity index (χ4n) is 2.01. The molecule has 1 heterocycles. The molecule has 0 fully saturated rings. The van der Waals surface area contributed by atoms with Gasteiger partial charge in [0.15, 0.2) is 5.69 Å². The van der Waals surface area contributed by atoms with Gasteiger partial charge in [-0.25, -0.2) is 9.18 Å². The van der Waals surface area contributed by atoms with E-state index in [0.29, 0.717) is 27.0 Å². The largest absolute Gasteiger partial charge is 0.495 e. The van der Waals surface area contributed by atoms with Crippen LogP contribution in [-0.2, 0) is 7.05 Å². The zero-order valence-corrected chi connectivity index (χ0v) is 12.7. The quantitative estimate of drug-likeness (QED) is 0.931. The van der Waals surface area contributed by atoms with Gasteiger partial charge < -0.3 is 9.84 Å². The van der Waals surface area contributed by atoms with Gasteiger partial charge in [-0.15, -0.1) is 0 Å². The lowest BCUT2D eigenvalue weighted by Crippen LogP contribution is -2.01. The molecule has 5 nitrogen and oxygen atoms in total. The number of benzene rings is 1. The number of carboxylic acids is 1. The maximum Gasteiger partial charge on any atom is 0.356 e. The molecule has 0 aliphatic rings. The predicted octanol–water partition coefficient (Wildman–Crippen LogP) is 3.00. The molecular weight excluding hydrogens is 331 g/mol. The standard InChI is InChI=1S/C13H12BrFN2O3/c1-6-8(15)4-7(14)12(20-3)11(6)10-5-9(13(18)19)16-17(10)2/h4-5H,1-3H3,(H,18,19). The molecule has 0 saturated carbocycles. The highest BCUT2D eigenvalue weighted by atomic mass is 79.9. The molecular formula is C13H12BrFN2O3. The molecule has 2 aromatic rings. The fourth-order valence-corrected chi connectivity index (χ4v) is 2.57. The first-order valence-electron chi connectivity index (χ1n) is 5.67. The van der Waals surface area contributed by atoms with Crippen LogP contribution in [0.25, 0.3) is 11.3 Å². The second-order valence-corrected chi connectivity index (χ2v) is 5.07. The van der Waals surface area contributed by atoms with E-state index in [4.69, 9.17) is 9.84 Å². The molecule has 7 heteroatoms. The maximum atomic E-state index is 13.9. The van der Waals surface area contributed by atoms with Gasteiger partial charge in [0.25, 0.3) is 0 Å². The van der Waals surface area contributed by atoms with Crippen molar-refractivity contribution >= 4 is 21.9 Å². The van der Waals surface area contributed by atoms with Crippen LogP contribution in [0.15, 0.2) is 16.6 Å². The molecule has 0 bridgehead atoms. The van der Waals surface area contributed by atoms with Crippen LogP contribution >= 0.6 is 15.9 Å². The van der Waals surface area contributed by atoms with Crippen LogP contribution in [0.3, 0.4) is 0 Å². The van der Waals surface area contributed by atoms with Crippen LogP contribution in [0, 0.1) is 12.7 Å². The van der Waals surface area contributed by atoms with Crippen molar-refractivity contribution in [2.45, 2.75) is 6.92 Å². The number of rotatable bonds is 3. The summed E-state index contributed by atoms with van der Waals surface area (Å²) in [6.45, 7) is 1.60. The minimum atomic E-state index is -1.14. The average molecular weight is 343 g/mol. The Morgan fingerprint density at radius 2 is 2.15 bits per heavy atom. The third kappa shape index (κ3) is 2.29. The van der Waals surface area contributed by atoms with Crippen molar-refractivity contribution in [1.82, 2.24) is 9.78 Å². The third-order valence-corrected chi connectivity index (χ3v) is 3.58. The molecule has 0 amide bonds. The monoisotopic (exact) mass is 342 g/mol. The van der Waals surface area contributed by atoms with E-state index >= 15 is 0 Å². The van der Waals surface area contributed by atoms with E-state index in [-0.39, 0.29) is 5.69 Å². The van der Waals surface area contributed by atoms with Crippen molar-refractivity contribution in [2.24, 2.45) is 7.05 Å². The van der Waals surface area contributed by atoms with Crippen LogP contribution in [0.1, 0.15) is 16.1 Å². The summed E-state index contributed by atoms with van der Waals surface area (Å²) in [7, 11) is 3.06. The molecule has 0 spiro atoms. The van der Waals surface area contributed by atoms with Gasteiger partial charge in [-0.2, -0.15) is 5.10 Å². The van der Waals surface area contributed by atoms with Crippen LogP contribution in [0.5, 0.6) is 5.75 Å². The smallest absolute Gasteiger partial charge is 0.356 e. The summed E-state index contributed by atoms with van der Waals surface area (Å²) in [5, 5.41) is 12.9. The van der Waals surface area contributed by atoms with E-state index in [1.165, 1.54) is 23.9 Å². The Bertz CT molecular complexity index is 697. The summed E-state index contributed by atoms with van der Waals surface area (Å²) in [5.74, 6) is -1.12. The summed E-state index contributed by atoms with van der Waals surface area (Å²) in [5.41, 5.74) is 1.20. The Labute approximate surface area is 123 Å². The Balaban J connectivity index is 2.78. The van der Waals surface area contributed by atoms with Crippen molar-refractivity contribution in [1.29, 1.82) is 0 Å². The highest BCUT2D eigenvalue weighted by molar-refractivity contribution is 9.10. The highest BCUT2D eigenvalue weighted by Gasteiger charge is 2.21. The minimum absolute atomic E-state index is 0.107. The number of hydrogen-bond acceptors (Lipinski definition) is 3. The molecule has 0 aliphatic carbocycles. The van der Waals surface area contributed by atoms with E-state index < -0.39 is 11.8 Å². The summed E-state index contributed by atoms with van der Waals surface area (Å²) >= 11 is 3.24. The summed E-state index contributed by atoms with van der Waals surface area (Å²) in [6.07, 6.45) is 0. The number of aromatic carboxylic acids is 1. The van der Waals surface area contributed by atoms with Crippen LogP contribution in [0.2, 0.25) is 0 Å². The Kier molecular flexibility index (Phi) is 3.80. The minimum Gasteiger partial charge on any atom is -0.495 e. The maximum absolute atomic E-state index is 13.9. The molecule has 106 valence electrons. The van der Waals surface area contributed by atoms with Crippen molar-refractivity contribution < 1.29 is 19.0 Å². The van der Waals surface area contributed by atoms with Crippen molar-refractivity contribution in [3.8, 4) is 17.0 Å². The van der Waals surface area contributed by atoms with Crippen molar-refractivity contribution in [3.63, 3.8) is 0 Å². The summed E-state index contributed by atoms with van der Waals surface area (Å²) < 4.78 is 21.0. The average Bonchev–Trinajstić information content (AvgIpc) is 2.75. The Morgan fingerprint density at radius 3 is 2.65 bits per heavy atom. The van der Waals surface area contributed by atoms with Gasteiger partial charge in [0, 0.05) is 12.6 Å². The SMILES string of the molecule is COc1c(Br)cc(F)c(C)c1-c1cc(C(=O)O)nn1C. The van der Waals surface area contributed by atoms with E-state index in [2.05, 4.69) is 21.0 Å². The number of carboxylic acid groups (broad SMARTS) is 1. The zero-order chi connectivity index (χ0) is 15.0. The topological polar surface area (TPSA) is 64.3 Å².